The van der Waals surface area contributed by atoms with Crippen molar-refractivity contribution in [3.05, 3.63) is 35.9 Å². The number of rotatable bonds is 6. The molecule has 2 N–H and O–H groups in total. The van der Waals surface area contributed by atoms with Gasteiger partial charge < -0.3 is 15.2 Å². The highest BCUT2D eigenvalue weighted by Crippen LogP contribution is 2.23. The molecule has 20 heavy (non-hydrogen) atoms. The summed E-state index contributed by atoms with van der Waals surface area (Å²) in [6, 6.07) is 9.69. The van der Waals surface area contributed by atoms with E-state index in [9.17, 15) is 0 Å². The lowest BCUT2D eigenvalue weighted by atomic mass is 10.1. The summed E-state index contributed by atoms with van der Waals surface area (Å²) < 4.78 is 11.2. The van der Waals surface area contributed by atoms with Gasteiger partial charge in [0.25, 0.3) is 0 Å². The van der Waals surface area contributed by atoms with Crippen molar-refractivity contribution in [3.63, 3.8) is 0 Å². The van der Waals surface area contributed by atoms with Crippen LogP contribution in [0.4, 0.5) is 0 Å². The van der Waals surface area contributed by atoms with Gasteiger partial charge in [-0.3, -0.25) is 0 Å². The number of hydrogen-bond donors (Lipinski definition) is 1. The lowest BCUT2D eigenvalue weighted by molar-refractivity contribution is 0.0634. The Hall–Kier alpha value is -1.72. The number of nitrogens with zero attached hydrogens (tertiary/aromatic N) is 1. The third-order valence-electron chi connectivity index (χ3n) is 2.82. The average molecular weight is 290 g/mol. The zero-order valence-electron chi connectivity index (χ0n) is 11.6. The zero-order valence-corrected chi connectivity index (χ0v) is 12.4. The Morgan fingerprint density at radius 2 is 2.15 bits per heavy atom. The van der Waals surface area contributed by atoms with Gasteiger partial charge >= 0.3 is 0 Å². The number of ether oxygens (including phenoxy) is 2. The molecule has 0 bridgehead atoms. The van der Waals surface area contributed by atoms with E-state index in [0.29, 0.717) is 24.7 Å². The van der Waals surface area contributed by atoms with E-state index in [0.717, 1.165) is 10.9 Å². The van der Waals surface area contributed by atoms with Gasteiger partial charge in [-0.05, 0) is 26.0 Å². The summed E-state index contributed by atoms with van der Waals surface area (Å²) in [4.78, 5) is 4.78. The van der Waals surface area contributed by atoms with Crippen LogP contribution in [0.3, 0.4) is 0 Å². The second-order valence-corrected chi connectivity index (χ2v) is 4.93. The predicted octanol–water partition coefficient (Wildman–Crippen LogP) is 2.67. The number of fused-ring (bicyclic) bond motifs is 1. The Labute approximate surface area is 123 Å². The van der Waals surface area contributed by atoms with Gasteiger partial charge in [0, 0.05) is 12.0 Å². The predicted molar refractivity (Wildman–Crippen MR) is 84.2 cm³/mol. The smallest absolute Gasteiger partial charge is 0.224 e. The molecule has 2 rings (SSSR count). The summed E-state index contributed by atoms with van der Waals surface area (Å²) in [6.07, 6.45) is -0.114. The minimum absolute atomic E-state index is 0.114. The Morgan fingerprint density at radius 1 is 1.40 bits per heavy atom. The molecule has 0 fully saturated rings. The van der Waals surface area contributed by atoms with Crippen molar-refractivity contribution in [3.8, 4) is 5.88 Å². The molecule has 1 unspecified atom stereocenters. The first kappa shape index (κ1) is 14.7. The van der Waals surface area contributed by atoms with Crippen LogP contribution in [0.1, 0.15) is 19.4 Å². The lowest BCUT2D eigenvalue weighted by Crippen LogP contribution is -2.22. The number of benzene rings is 1. The van der Waals surface area contributed by atoms with Crippen molar-refractivity contribution in [2.75, 3.05) is 13.2 Å². The fourth-order valence-corrected chi connectivity index (χ4v) is 2.02. The van der Waals surface area contributed by atoms with Crippen LogP contribution in [0.2, 0.25) is 0 Å². The first-order valence-corrected chi connectivity index (χ1v) is 6.96. The summed E-state index contributed by atoms with van der Waals surface area (Å²) in [5.74, 6) is 0.461. The molecule has 106 valence electrons. The van der Waals surface area contributed by atoms with Gasteiger partial charge in [0.1, 0.15) is 11.1 Å². The van der Waals surface area contributed by atoms with Crippen molar-refractivity contribution in [2.45, 2.75) is 20.0 Å². The molecule has 0 aliphatic heterocycles. The van der Waals surface area contributed by atoms with E-state index in [4.69, 9.17) is 27.4 Å². The van der Waals surface area contributed by atoms with Crippen molar-refractivity contribution < 1.29 is 9.47 Å². The zero-order chi connectivity index (χ0) is 14.5. The van der Waals surface area contributed by atoms with E-state index in [1.165, 1.54) is 0 Å². The number of aromatic nitrogens is 1. The van der Waals surface area contributed by atoms with Crippen LogP contribution in [-0.2, 0) is 4.74 Å². The molecule has 0 saturated carbocycles. The molecule has 1 heterocycles. The van der Waals surface area contributed by atoms with Crippen LogP contribution in [0.15, 0.2) is 30.3 Å². The second kappa shape index (κ2) is 6.63. The number of para-hydroxylation sites is 1. The second-order valence-electron chi connectivity index (χ2n) is 4.49. The van der Waals surface area contributed by atoms with Crippen molar-refractivity contribution in [1.82, 2.24) is 4.98 Å². The molecule has 1 aromatic heterocycles. The van der Waals surface area contributed by atoms with Crippen LogP contribution >= 0.6 is 12.2 Å². The summed E-state index contributed by atoms with van der Waals surface area (Å²) in [5, 5.41) is 0.986. The quantitative estimate of drug-likeness (QED) is 0.829. The lowest BCUT2D eigenvalue weighted by Gasteiger charge is -2.16. The van der Waals surface area contributed by atoms with Crippen LogP contribution in [0.25, 0.3) is 10.9 Å². The van der Waals surface area contributed by atoms with Crippen molar-refractivity contribution >= 4 is 28.1 Å². The maximum absolute atomic E-state index is 5.81. The number of pyridine rings is 1. The molecule has 1 aromatic carbocycles. The maximum Gasteiger partial charge on any atom is 0.224 e. The highest BCUT2D eigenvalue weighted by Gasteiger charge is 2.13. The van der Waals surface area contributed by atoms with E-state index in [1.807, 2.05) is 44.2 Å². The monoisotopic (exact) mass is 290 g/mol. The minimum Gasteiger partial charge on any atom is -0.472 e. The highest BCUT2D eigenvalue weighted by atomic mass is 32.1. The molecular formula is C15H18N2O2S. The van der Waals surface area contributed by atoms with Gasteiger partial charge in [0.15, 0.2) is 0 Å². The Kier molecular flexibility index (Phi) is 4.87. The van der Waals surface area contributed by atoms with Crippen LogP contribution in [0.5, 0.6) is 5.88 Å². The normalized spacial score (nSPS) is 12.3. The average Bonchev–Trinajstić information content (AvgIpc) is 2.44. The Balaban J connectivity index is 2.34. The molecule has 5 heteroatoms. The van der Waals surface area contributed by atoms with E-state index >= 15 is 0 Å². The topological polar surface area (TPSA) is 57.4 Å². The van der Waals surface area contributed by atoms with Gasteiger partial charge in [-0.2, -0.15) is 0 Å². The number of nitrogens with two attached hydrogens (primary N) is 1. The van der Waals surface area contributed by atoms with Crippen LogP contribution < -0.4 is 10.5 Å². The Bertz CT molecular complexity index is 616. The highest BCUT2D eigenvalue weighted by molar-refractivity contribution is 7.80. The molecule has 1 atom stereocenters. The molecule has 0 aliphatic carbocycles. The minimum atomic E-state index is -0.114. The third-order valence-corrected chi connectivity index (χ3v) is 3.04. The molecule has 2 aromatic rings. The Morgan fingerprint density at radius 3 is 2.85 bits per heavy atom. The first-order chi connectivity index (χ1) is 9.61. The third kappa shape index (κ3) is 3.43. The summed E-state index contributed by atoms with van der Waals surface area (Å²) in [7, 11) is 0. The van der Waals surface area contributed by atoms with Gasteiger partial charge in [-0.25, -0.2) is 4.98 Å². The first-order valence-electron chi connectivity index (χ1n) is 6.55. The SMILES string of the molecule is CCOCC(C)Oc1nc2ccccc2cc1C(N)=S. The van der Waals surface area contributed by atoms with Gasteiger partial charge in [-0.15, -0.1) is 0 Å². The van der Waals surface area contributed by atoms with E-state index in [-0.39, 0.29) is 11.1 Å². The fourth-order valence-electron chi connectivity index (χ4n) is 1.87. The number of hydrogen-bond acceptors (Lipinski definition) is 4. The fraction of sp³-hybridized carbons (Fsp3) is 0.333. The van der Waals surface area contributed by atoms with Crippen LogP contribution in [-0.4, -0.2) is 29.3 Å². The summed E-state index contributed by atoms with van der Waals surface area (Å²) in [5.41, 5.74) is 7.27. The van der Waals surface area contributed by atoms with Crippen LogP contribution in [0, 0.1) is 0 Å². The standard InChI is InChI=1S/C15H18N2O2S/c1-3-18-9-10(2)19-15-12(14(16)20)8-11-6-4-5-7-13(11)17-15/h4-8,10H,3,9H2,1-2H3,(H2,16,20). The maximum atomic E-state index is 5.81. The van der Waals surface area contributed by atoms with Gasteiger partial charge in [0.05, 0.1) is 17.7 Å². The van der Waals surface area contributed by atoms with Gasteiger partial charge in [0.2, 0.25) is 5.88 Å². The largest absolute Gasteiger partial charge is 0.472 e. The molecule has 0 saturated heterocycles. The summed E-state index contributed by atoms with van der Waals surface area (Å²) >= 11 is 5.08. The number of thiocarbonyl (C=S) groups is 1. The van der Waals surface area contributed by atoms with E-state index in [1.54, 1.807) is 0 Å². The van der Waals surface area contributed by atoms with Crippen molar-refractivity contribution in [1.29, 1.82) is 0 Å². The van der Waals surface area contributed by atoms with E-state index < -0.39 is 0 Å². The molecule has 0 radical (unpaired) electrons. The summed E-state index contributed by atoms with van der Waals surface area (Å²) in [6.45, 7) is 5.03. The molecular weight excluding hydrogens is 272 g/mol. The molecule has 4 nitrogen and oxygen atoms in total. The van der Waals surface area contributed by atoms with Gasteiger partial charge in [-0.1, -0.05) is 30.4 Å². The molecule has 0 spiro atoms. The van der Waals surface area contributed by atoms with E-state index in [2.05, 4.69) is 4.98 Å². The van der Waals surface area contributed by atoms with Crippen molar-refractivity contribution in [2.24, 2.45) is 5.73 Å². The molecule has 0 aliphatic rings. The molecule has 0 amide bonds.